The van der Waals surface area contributed by atoms with E-state index in [-0.39, 0.29) is 18.5 Å². The highest BCUT2D eigenvalue weighted by atomic mass is 19.1. The van der Waals surface area contributed by atoms with E-state index in [9.17, 15) is 18.8 Å². The molecule has 0 aliphatic carbocycles. The maximum Gasteiger partial charge on any atom is 0.257 e. The molecule has 1 aliphatic rings. The minimum absolute atomic E-state index is 0.134. The van der Waals surface area contributed by atoms with E-state index in [1.54, 1.807) is 24.3 Å². The summed E-state index contributed by atoms with van der Waals surface area (Å²) in [4.78, 5) is 41.9. The summed E-state index contributed by atoms with van der Waals surface area (Å²) >= 11 is 0. The Bertz CT molecular complexity index is 1130. The number of amides is 3. The molecular formula is C25H21FN2O4. The third-order valence-electron chi connectivity index (χ3n) is 5.38. The van der Waals surface area contributed by atoms with Crippen LogP contribution in [0.15, 0.2) is 78.9 Å². The van der Waals surface area contributed by atoms with Gasteiger partial charge < -0.3 is 9.64 Å². The molecular weight excluding hydrogens is 411 g/mol. The number of carbonyl (C=O) groups is 3. The summed E-state index contributed by atoms with van der Waals surface area (Å²) in [6.07, 6.45) is -0.134. The molecule has 0 radical (unpaired) electrons. The van der Waals surface area contributed by atoms with Crippen LogP contribution >= 0.6 is 0 Å². The van der Waals surface area contributed by atoms with E-state index >= 15 is 0 Å². The summed E-state index contributed by atoms with van der Waals surface area (Å²) in [5.74, 6) is -1.19. The average molecular weight is 432 g/mol. The van der Waals surface area contributed by atoms with Crippen LogP contribution in [0.1, 0.15) is 22.3 Å². The Hall–Kier alpha value is -4.00. The summed E-state index contributed by atoms with van der Waals surface area (Å²) in [6, 6.07) is 19.9. The van der Waals surface area contributed by atoms with Crippen molar-refractivity contribution in [2.45, 2.75) is 19.0 Å². The minimum atomic E-state index is -0.970. The fraction of sp³-hybridized carbons (Fsp3) is 0.160. The van der Waals surface area contributed by atoms with Gasteiger partial charge in [0.25, 0.3) is 11.8 Å². The van der Waals surface area contributed by atoms with Gasteiger partial charge in [-0.1, -0.05) is 30.3 Å². The third kappa shape index (κ3) is 4.23. The number of anilines is 1. The van der Waals surface area contributed by atoms with Crippen LogP contribution in [-0.4, -0.2) is 35.8 Å². The SMILES string of the molecule is COc1ccc(N2C(=O)CC(N(Cc3ccccc3)C(=O)c3ccc(F)cc3)C2=O)cc1. The van der Waals surface area contributed by atoms with Gasteiger partial charge in [-0.05, 0) is 54.1 Å². The predicted molar refractivity (Wildman–Crippen MR) is 117 cm³/mol. The van der Waals surface area contributed by atoms with Crippen molar-refractivity contribution in [3.63, 3.8) is 0 Å². The minimum Gasteiger partial charge on any atom is -0.497 e. The summed E-state index contributed by atoms with van der Waals surface area (Å²) in [6.45, 7) is 0.136. The lowest BCUT2D eigenvalue weighted by atomic mass is 10.1. The maximum atomic E-state index is 13.4. The first-order valence-electron chi connectivity index (χ1n) is 10.1. The Kier molecular flexibility index (Phi) is 5.98. The van der Waals surface area contributed by atoms with Crippen molar-refractivity contribution in [3.8, 4) is 5.75 Å². The normalized spacial score (nSPS) is 15.7. The van der Waals surface area contributed by atoms with Crippen LogP contribution in [0.3, 0.4) is 0 Å². The van der Waals surface area contributed by atoms with E-state index in [0.717, 1.165) is 10.5 Å². The Morgan fingerprint density at radius 3 is 2.28 bits per heavy atom. The maximum absolute atomic E-state index is 13.4. The number of halogens is 1. The van der Waals surface area contributed by atoms with E-state index < -0.39 is 29.6 Å². The highest BCUT2D eigenvalue weighted by Crippen LogP contribution is 2.29. The number of rotatable bonds is 6. The third-order valence-corrected chi connectivity index (χ3v) is 5.38. The molecule has 3 aromatic carbocycles. The van der Waals surface area contributed by atoms with Gasteiger partial charge in [0.2, 0.25) is 5.91 Å². The van der Waals surface area contributed by atoms with Crippen molar-refractivity contribution in [2.24, 2.45) is 0 Å². The van der Waals surface area contributed by atoms with Gasteiger partial charge in [0, 0.05) is 12.1 Å². The van der Waals surface area contributed by atoms with E-state index in [4.69, 9.17) is 4.74 Å². The number of benzene rings is 3. The summed E-state index contributed by atoms with van der Waals surface area (Å²) in [5, 5.41) is 0. The average Bonchev–Trinajstić information content (AvgIpc) is 3.11. The second-order valence-electron chi connectivity index (χ2n) is 7.41. The molecule has 0 bridgehead atoms. The molecule has 1 unspecified atom stereocenters. The number of ether oxygens (including phenoxy) is 1. The number of hydrogen-bond donors (Lipinski definition) is 0. The molecule has 4 rings (SSSR count). The summed E-state index contributed by atoms with van der Waals surface area (Å²) < 4.78 is 18.5. The van der Waals surface area contributed by atoms with Gasteiger partial charge in [-0.25, -0.2) is 9.29 Å². The van der Waals surface area contributed by atoms with Gasteiger partial charge in [-0.2, -0.15) is 0 Å². The predicted octanol–water partition coefficient (Wildman–Crippen LogP) is 3.81. The Morgan fingerprint density at radius 1 is 1.00 bits per heavy atom. The lowest BCUT2D eigenvalue weighted by Gasteiger charge is -2.28. The molecule has 0 aromatic heterocycles. The zero-order valence-electron chi connectivity index (χ0n) is 17.4. The molecule has 1 heterocycles. The fourth-order valence-corrected chi connectivity index (χ4v) is 3.72. The van der Waals surface area contributed by atoms with Crippen molar-refractivity contribution in [3.05, 3.63) is 95.8 Å². The van der Waals surface area contributed by atoms with E-state index in [2.05, 4.69) is 0 Å². The second kappa shape index (κ2) is 9.01. The van der Waals surface area contributed by atoms with E-state index in [1.165, 1.54) is 36.3 Å². The highest BCUT2D eigenvalue weighted by molar-refractivity contribution is 6.23. The molecule has 162 valence electrons. The standard InChI is InChI=1S/C25H21FN2O4/c1-32-21-13-11-20(12-14-21)28-23(29)15-22(25(28)31)27(16-17-5-3-2-4-6-17)24(30)18-7-9-19(26)10-8-18/h2-14,22H,15-16H2,1H3. The van der Waals surface area contributed by atoms with Crippen molar-refractivity contribution >= 4 is 23.4 Å². The van der Waals surface area contributed by atoms with Crippen LogP contribution in [-0.2, 0) is 16.1 Å². The second-order valence-corrected chi connectivity index (χ2v) is 7.41. The quantitative estimate of drug-likeness (QED) is 0.556. The van der Waals surface area contributed by atoms with Crippen LogP contribution in [0, 0.1) is 5.82 Å². The van der Waals surface area contributed by atoms with Crippen LogP contribution in [0.5, 0.6) is 5.75 Å². The van der Waals surface area contributed by atoms with E-state index in [0.29, 0.717) is 11.4 Å². The molecule has 6 nitrogen and oxygen atoms in total. The lowest BCUT2D eigenvalue weighted by molar-refractivity contribution is -0.122. The molecule has 3 aromatic rings. The first kappa shape index (κ1) is 21.2. The zero-order valence-corrected chi connectivity index (χ0v) is 17.4. The summed E-state index contributed by atoms with van der Waals surface area (Å²) in [5.41, 5.74) is 1.47. The first-order valence-corrected chi connectivity index (χ1v) is 10.1. The van der Waals surface area contributed by atoms with Crippen molar-refractivity contribution in [1.29, 1.82) is 0 Å². The molecule has 1 aliphatic heterocycles. The van der Waals surface area contributed by atoms with Crippen LogP contribution in [0.25, 0.3) is 0 Å². The number of imide groups is 1. The van der Waals surface area contributed by atoms with Gasteiger partial charge in [0.1, 0.15) is 17.6 Å². The fourth-order valence-electron chi connectivity index (χ4n) is 3.72. The van der Waals surface area contributed by atoms with Crippen LogP contribution in [0.4, 0.5) is 10.1 Å². The number of nitrogens with zero attached hydrogens (tertiary/aromatic N) is 2. The Morgan fingerprint density at radius 2 is 1.66 bits per heavy atom. The molecule has 7 heteroatoms. The summed E-state index contributed by atoms with van der Waals surface area (Å²) in [7, 11) is 1.53. The van der Waals surface area contributed by atoms with Crippen molar-refractivity contribution < 1.29 is 23.5 Å². The lowest BCUT2D eigenvalue weighted by Crippen LogP contribution is -2.45. The van der Waals surface area contributed by atoms with Gasteiger partial charge >= 0.3 is 0 Å². The van der Waals surface area contributed by atoms with Gasteiger partial charge in [0.15, 0.2) is 0 Å². The topological polar surface area (TPSA) is 66.9 Å². The monoisotopic (exact) mass is 432 g/mol. The largest absolute Gasteiger partial charge is 0.497 e. The van der Waals surface area contributed by atoms with Crippen molar-refractivity contribution in [1.82, 2.24) is 4.90 Å². The molecule has 0 N–H and O–H groups in total. The molecule has 0 spiro atoms. The first-order chi connectivity index (χ1) is 15.5. The molecule has 1 saturated heterocycles. The molecule has 1 fully saturated rings. The molecule has 0 saturated carbocycles. The molecule has 32 heavy (non-hydrogen) atoms. The van der Waals surface area contributed by atoms with Gasteiger partial charge in [0.05, 0.1) is 19.2 Å². The van der Waals surface area contributed by atoms with Crippen molar-refractivity contribution in [2.75, 3.05) is 12.0 Å². The highest BCUT2D eigenvalue weighted by Gasteiger charge is 2.44. The molecule has 3 amide bonds. The van der Waals surface area contributed by atoms with Crippen LogP contribution in [0.2, 0.25) is 0 Å². The number of methoxy groups -OCH3 is 1. The number of carbonyl (C=O) groups excluding carboxylic acids is 3. The Labute approximate surface area is 184 Å². The van der Waals surface area contributed by atoms with Crippen LogP contribution < -0.4 is 9.64 Å². The smallest absolute Gasteiger partial charge is 0.257 e. The van der Waals surface area contributed by atoms with E-state index in [1.807, 2.05) is 30.3 Å². The van der Waals surface area contributed by atoms with Gasteiger partial charge in [-0.3, -0.25) is 14.4 Å². The number of hydrogen-bond acceptors (Lipinski definition) is 4. The van der Waals surface area contributed by atoms with Gasteiger partial charge in [-0.15, -0.1) is 0 Å². The Balaban J connectivity index is 1.66. The zero-order chi connectivity index (χ0) is 22.7. The molecule has 1 atom stereocenters.